The minimum atomic E-state index is 0.302. The molecule has 1 N–H and O–H groups in total. The van der Waals surface area contributed by atoms with Gasteiger partial charge in [-0.1, -0.05) is 0 Å². The molecule has 2 rings (SSSR count). The van der Waals surface area contributed by atoms with Gasteiger partial charge in [-0.15, -0.1) is 0 Å². The minimum Gasteiger partial charge on any atom is -0.377 e. The fourth-order valence-corrected chi connectivity index (χ4v) is 1.79. The van der Waals surface area contributed by atoms with Gasteiger partial charge in [0.25, 0.3) is 0 Å². The molecule has 0 saturated carbocycles. The number of anilines is 1. The molecule has 0 aromatic carbocycles. The Hall–Kier alpha value is -1.20. The lowest BCUT2D eigenvalue weighted by atomic mass is 10.2. The van der Waals surface area contributed by atoms with Gasteiger partial charge >= 0.3 is 0 Å². The van der Waals surface area contributed by atoms with Crippen LogP contribution in [0.5, 0.6) is 0 Å². The third-order valence-corrected chi connectivity index (χ3v) is 2.68. The number of hydrogen-bond acceptors (Lipinski definition) is 5. The van der Waals surface area contributed by atoms with Crippen molar-refractivity contribution in [3.8, 4) is 0 Å². The molecule has 1 saturated heterocycles. The highest BCUT2D eigenvalue weighted by molar-refractivity contribution is 5.34. The van der Waals surface area contributed by atoms with Crippen LogP contribution in [-0.4, -0.2) is 42.4 Å². The van der Waals surface area contributed by atoms with Gasteiger partial charge in [0.1, 0.15) is 12.1 Å². The number of nitrogens with one attached hydrogen (secondary N) is 1. The summed E-state index contributed by atoms with van der Waals surface area (Å²) >= 11 is 0. The molecule has 1 unspecified atom stereocenters. The second-order valence-electron chi connectivity index (χ2n) is 4.18. The zero-order valence-corrected chi connectivity index (χ0v) is 10.2. The van der Waals surface area contributed by atoms with Gasteiger partial charge in [0.2, 0.25) is 0 Å². The van der Waals surface area contributed by atoms with Gasteiger partial charge in [-0.05, 0) is 19.8 Å². The van der Waals surface area contributed by atoms with Crippen molar-refractivity contribution in [2.45, 2.75) is 25.9 Å². The second kappa shape index (κ2) is 6.51. The van der Waals surface area contributed by atoms with E-state index in [1.807, 2.05) is 13.0 Å². The van der Waals surface area contributed by atoms with Crippen LogP contribution in [0.25, 0.3) is 0 Å². The molecule has 0 radical (unpaired) electrons. The van der Waals surface area contributed by atoms with Crippen molar-refractivity contribution in [1.29, 1.82) is 0 Å². The van der Waals surface area contributed by atoms with Crippen LogP contribution in [0.1, 0.15) is 18.5 Å². The van der Waals surface area contributed by atoms with Crippen LogP contribution in [-0.2, 0) is 9.47 Å². The Bertz CT molecular complexity index is 340. The first-order valence-corrected chi connectivity index (χ1v) is 6.06. The lowest BCUT2D eigenvalue weighted by Crippen LogP contribution is -2.18. The van der Waals surface area contributed by atoms with Gasteiger partial charge in [0, 0.05) is 24.9 Å². The van der Waals surface area contributed by atoms with Crippen molar-refractivity contribution in [1.82, 2.24) is 9.97 Å². The maximum absolute atomic E-state index is 5.54. The molecule has 17 heavy (non-hydrogen) atoms. The minimum absolute atomic E-state index is 0.302. The predicted octanol–water partition coefficient (Wildman–Crippen LogP) is 1.39. The Morgan fingerprint density at radius 1 is 1.53 bits per heavy atom. The summed E-state index contributed by atoms with van der Waals surface area (Å²) in [6.45, 7) is 4.95. The zero-order valence-electron chi connectivity index (χ0n) is 10.2. The number of nitrogens with zero attached hydrogens (tertiary/aromatic N) is 2. The zero-order chi connectivity index (χ0) is 11.9. The molecule has 0 spiro atoms. The summed E-state index contributed by atoms with van der Waals surface area (Å²) in [5.41, 5.74) is 0.961. The molecule has 1 aliphatic heterocycles. The number of aryl methyl sites for hydroxylation is 1. The molecule has 2 heterocycles. The second-order valence-corrected chi connectivity index (χ2v) is 4.18. The van der Waals surface area contributed by atoms with Crippen LogP contribution in [0.2, 0.25) is 0 Å². The van der Waals surface area contributed by atoms with Crippen molar-refractivity contribution in [3.05, 3.63) is 18.1 Å². The van der Waals surface area contributed by atoms with Crippen LogP contribution >= 0.6 is 0 Å². The highest BCUT2D eigenvalue weighted by Crippen LogP contribution is 2.11. The maximum atomic E-state index is 5.54. The standard InChI is InChI=1S/C12H19N3O2/c1-10-7-12(15-9-14-10)13-4-6-16-8-11-3-2-5-17-11/h7,9,11H,2-6,8H2,1H3,(H,13,14,15). The summed E-state index contributed by atoms with van der Waals surface area (Å²) in [5.74, 6) is 0.846. The quantitative estimate of drug-likeness (QED) is 0.758. The van der Waals surface area contributed by atoms with E-state index in [0.29, 0.717) is 19.3 Å². The lowest BCUT2D eigenvalue weighted by Gasteiger charge is -2.10. The monoisotopic (exact) mass is 237 g/mol. The van der Waals surface area contributed by atoms with Crippen molar-refractivity contribution >= 4 is 5.82 Å². The predicted molar refractivity (Wildman–Crippen MR) is 65.1 cm³/mol. The molecule has 5 heteroatoms. The Morgan fingerprint density at radius 2 is 2.47 bits per heavy atom. The molecular weight excluding hydrogens is 218 g/mol. The SMILES string of the molecule is Cc1cc(NCCOCC2CCCO2)ncn1. The van der Waals surface area contributed by atoms with Crippen molar-refractivity contribution in [2.75, 3.05) is 31.7 Å². The van der Waals surface area contributed by atoms with Crippen LogP contribution in [0.15, 0.2) is 12.4 Å². The number of ether oxygens (including phenoxy) is 2. The van der Waals surface area contributed by atoms with Gasteiger partial charge in [-0.2, -0.15) is 0 Å². The highest BCUT2D eigenvalue weighted by Gasteiger charge is 2.14. The van der Waals surface area contributed by atoms with Crippen molar-refractivity contribution in [3.63, 3.8) is 0 Å². The summed E-state index contributed by atoms with van der Waals surface area (Å²) in [7, 11) is 0. The molecule has 1 fully saturated rings. The van der Waals surface area contributed by atoms with Crippen molar-refractivity contribution in [2.24, 2.45) is 0 Å². The third kappa shape index (κ3) is 4.28. The van der Waals surface area contributed by atoms with Crippen molar-refractivity contribution < 1.29 is 9.47 Å². The first kappa shape index (κ1) is 12.3. The average molecular weight is 237 g/mol. The van der Waals surface area contributed by atoms with E-state index in [9.17, 15) is 0 Å². The van der Waals surface area contributed by atoms with E-state index in [1.165, 1.54) is 0 Å². The first-order chi connectivity index (χ1) is 8.34. The molecule has 1 atom stereocenters. The summed E-state index contributed by atoms with van der Waals surface area (Å²) < 4.78 is 11.0. The molecule has 0 amide bonds. The van der Waals surface area contributed by atoms with Gasteiger partial charge in [-0.3, -0.25) is 0 Å². The first-order valence-electron chi connectivity index (χ1n) is 6.06. The van der Waals surface area contributed by atoms with Crippen LogP contribution in [0.3, 0.4) is 0 Å². The highest BCUT2D eigenvalue weighted by atomic mass is 16.5. The van der Waals surface area contributed by atoms with E-state index in [1.54, 1.807) is 6.33 Å². The summed E-state index contributed by atoms with van der Waals surface area (Å²) in [4.78, 5) is 8.15. The van der Waals surface area contributed by atoms with Gasteiger partial charge in [-0.25, -0.2) is 9.97 Å². The number of hydrogen-bond donors (Lipinski definition) is 1. The largest absolute Gasteiger partial charge is 0.377 e. The smallest absolute Gasteiger partial charge is 0.129 e. The number of rotatable bonds is 6. The molecule has 1 aromatic heterocycles. The van der Waals surface area contributed by atoms with Crippen LogP contribution in [0.4, 0.5) is 5.82 Å². The molecule has 1 aromatic rings. The fourth-order valence-electron chi connectivity index (χ4n) is 1.79. The van der Waals surface area contributed by atoms with E-state index in [2.05, 4.69) is 15.3 Å². The Kier molecular flexibility index (Phi) is 4.70. The van der Waals surface area contributed by atoms with Gasteiger partial charge in [0.05, 0.1) is 19.3 Å². The van der Waals surface area contributed by atoms with Crippen LogP contribution in [0, 0.1) is 6.92 Å². The Balaban J connectivity index is 1.56. The summed E-state index contributed by atoms with van der Waals surface area (Å²) in [6, 6.07) is 1.92. The number of aromatic nitrogens is 2. The van der Waals surface area contributed by atoms with Gasteiger partial charge in [0.15, 0.2) is 0 Å². The normalized spacial score (nSPS) is 19.5. The van der Waals surface area contributed by atoms with Crippen LogP contribution < -0.4 is 5.32 Å². The summed E-state index contributed by atoms with van der Waals surface area (Å²) in [5, 5.41) is 3.19. The molecule has 1 aliphatic rings. The van der Waals surface area contributed by atoms with Gasteiger partial charge < -0.3 is 14.8 Å². The van der Waals surface area contributed by atoms with E-state index >= 15 is 0 Å². The average Bonchev–Trinajstić information content (AvgIpc) is 2.82. The fraction of sp³-hybridized carbons (Fsp3) is 0.667. The topological polar surface area (TPSA) is 56.3 Å². The van der Waals surface area contributed by atoms with E-state index < -0.39 is 0 Å². The molecule has 0 aliphatic carbocycles. The molecule has 5 nitrogen and oxygen atoms in total. The summed E-state index contributed by atoms with van der Waals surface area (Å²) in [6.07, 6.45) is 4.15. The molecular formula is C12H19N3O2. The van der Waals surface area contributed by atoms with E-state index in [-0.39, 0.29) is 0 Å². The van der Waals surface area contributed by atoms with E-state index in [4.69, 9.17) is 9.47 Å². The maximum Gasteiger partial charge on any atom is 0.129 e. The third-order valence-electron chi connectivity index (χ3n) is 2.68. The molecule has 94 valence electrons. The lowest BCUT2D eigenvalue weighted by molar-refractivity contribution is 0.0206. The van der Waals surface area contributed by atoms with E-state index in [0.717, 1.165) is 37.5 Å². The Morgan fingerprint density at radius 3 is 3.24 bits per heavy atom. The Labute approximate surface area is 102 Å². The molecule has 0 bridgehead atoms.